The van der Waals surface area contributed by atoms with Crippen LogP contribution in [0.25, 0.3) is 11.6 Å². The first kappa shape index (κ1) is 19.0. The van der Waals surface area contributed by atoms with E-state index in [0.29, 0.717) is 33.5 Å². The molecule has 0 radical (unpaired) electrons. The van der Waals surface area contributed by atoms with Gasteiger partial charge < -0.3 is 4.74 Å². The van der Waals surface area contributed by atoms with Crippen molar-refractivity contribution in [1.29, 1.82) is 5.26 Å². The zero-order chi connectivity index (χ0) is 19.2. The fourth-order valence-corrected chi connectivity index (χ4v) is 2.83. The van der Waals surface area contributed by atoms with Crippen LogP contribution in [0, 0.1) is 17.1 Å². The fourth-order valence-electron chi connectivity index (χ4n) is 2.51. The summed E-state index contributed by atoms with van der Waals surface area (Å²) in [6.45, 7) is 0.295. The van der Waals surface area contributed by atoms with Gasteiger partial charge in [0.2, 0.25) is 0 Å². The van der Waals surface area contributed by atoms with Gasteiger partial charge in [0.15, 0.2) is 0 Å². The van der Waals surface area contributed by atoms with Crippen LogP contribution in [0.3, 0.4) is 0 Å². The molecule has 27 heavy (non-hydrogen) atoms. The number of para-hydroxylation sites is 1. The van der Waals surface area contributed by atoms with Crippen LogP contribution in [0.15, 0.2) is 66.7 Å². The lowest BCUT2D eigenvalue weighted by Crippen LogP contribution is -1.97. The van der Waals surface area contributed by atoms with Crippen LogP contribution in [0.2, 0.25) is 10.0 Å². The van der Waals surface area contributed by atoms with E-state index in [1.807, 2.05) is 30.3 Å². The topological polar surface area (TPSA) is 33.0 Å². The predicted octanol–water partition coefficient (Wildman–Crippen LogP) is 6.78. The van der Waals surface area contributed by atoms with Gasteiger partial charge in [0.05, 0.1) is 21.7 Å². The fraction of sp³-hybridized carbons (Fsp3) is 0.0455. The van der Waals surface area contributed by atoms with E-state index >= 15 is 0 Å². The summed E-state index contributed by atoms with van der Waals surface area (Å²) in [4.78, 5) is 0. The van der Waals surface area contributed by atoms with Gasteiger partial charge >= 0.3 is 0 Å². The monoisotopic (exact) mass is 397 g/mol. The van der Waals surface area contributed by atoms with Crippen LogP contribution in [0.4, 0.5) is 4.39 Å². The third-order valence-electron chi connectivity index (χ3n) is 3.85. The average Bonchev–Trinajstić information content (AvgIpc) is 2.67. The van der Waals surface area contributed by atoms with Gasteiger partial charge in [0, 0.05) is 5.56 Å². The Morgan fingerprint density at radius 2 is 1.81 bits per heavy atom. The Balaban J connectivity index is 1.87. The highest BCUT2D eigenvalue weighted by atomic mass is 35.5. The molecule has 3 rings (SSSR count). The molecule has 0 amide bonds. The maximum absolute atomic E-state index is 13.5. The van der Waals surface area contributed by atoms with Crippen molar-refractivity contribution in [2.24, 2.45) is 0 Å². The summed E-state index contributed by atoms with van der Waals surface area (Å²) in [7, 11) is 0. The van der Waals surface area contributed by atoms with Crippen LogP contribution in [0.1, 0.15) is 16.7 Å². The van der Waals surface area contributed by atoms with Crippen molar-refractivity contribution in [2.45, 2.75) is 6.61 Å². The van der Waals surface area contributed by atoms with Crippen LogP contribution in [0.5, 0.6) is 5.75 Å². The number of nitriles is 1. The maximum atomic E-state index is 13.5. The molecule has 0 unspecified atom stereocenters. The smallest absolute Gasteiger partial charge is 0.127 e. The summed E-state index contributed by atoms with van der Waals surface area (Å²) in [6, 6.07) is 20.7. The first-order chi connectivity index (χ1) is 13.1. The van der Waals surface area contributed by atoms with Crippen molar-refractivity contribution < 1.29 is 9.13 Å². The first-order valence-electron chi connectivity index (χ1n) is 8.10. The Kier molecular flexibility index (Phi) is 6.13. The number of nitrogens with zero attached hydrogens (tertiary/aromatic N) is 1. The molecule has 0 spiro atoms. The molecule has 134 valence electrons. The van der Waals surface area contributed by atoms with Gasteiger partial charge in [-0.2, -0.15) is 5.26 Å². The molecule has 5 heteroatoms. The molecule has 0 aliphatic carbocycles. The Morgan fingerprint density at radius 3 is 2.56 bits per heavy atom. The maximum Gasteiger partial charge on any atom is 0.127 e. The minimum atomic E-state index is -0.391. The largest absolute Gasteiger partial charge is 0.488 e. The molecule has 0 heterocycles. The summed E-state index contributed by atoms with van der Waals surface area (Å²) in [6.07, 6.45) is 1.68. The first-order valence-corrected chi connectivity index (χ1v) is 8.86. The summed E-state index contributed by atoms with van der Waals surface area (Å²) in [5.41, 5.74) is 2.45. The average molecular weight is 398 g/mol. The molecule has 0 aromatic heterocycles. The Hall–Kier alpha value is -2.80. The van der Waals surface area contributed by atoms with Gasteiger partial charge in [0.1, 0.15) is 18.2 Å². The SMILES string of the molecule is N#C/C(=C/c1ccccc1OCc1ccc(Cl)c(Cl)c1)c1cccc(F)c1. The number of allylic oxidation sites excluding steroid dienone is 1. The zero-order valence-electron chi connectivity index (χ0n) is 14.1. The van der Waals surface area contributed by atoms with Gasteiger partial charge in [-0.15, -0.1) is 0 Å². The second-order valence-electron chi connectivity index (χ2n) is 5.76. The van der Waals surface area contributed by atoms with E-state index in [1.54, 1.807) is 30.3 Å². The molecule has 2 nitrogen and oxygen atoms in total. The molecule has 3 aromatic rings. The Bertz CT molecular complexity index is 1040. The van der Waals surface area contributed by atoms with Gasteiger partial charge in [0.25, 0.3) is 0 Å². The summed E-state index contributed by atoms with van der Waals surface area (Å²) < 4.78 is 19.4. The van der Waals surface area contributed by atoms with Crippen molar-refractivity contribution in [2.75, 3.05) is 0 Å². The Labute approximate surface area is 167 Å². The van der Waals surface area contributed by atoms with Crippen molar-refractivity contribution in [3.05, 3.63) is 99.3 Å². The summed E-state index contributed by atoms with van der Waals surface area (Å²) in [5.74, 6) is 0.213. The molecule has 0 fully saturated rings. The van der Waals surface area contributed by atoms with Crippen LogP contribution < -0.4 is 4.74 Å². The molecule has 0 saturated heterocycles. The highest BCUT2D eigenvalue weighted by molar-refractivity contribution is 6.42. The summed E-state index contributed by atoms with van der Waals surface area (Å²) >= 11 is 12.0. The van der Waals surface area contributed by atoms with Gasteiger partial charge in [-0.3, -0.25) is 0 Å². The van der Waals surface area contributed by atoms with E-state index in [1.165, 1.54) is 12.1 Å². The number of halogens is 3. The van der Waals surface area contributed by atoms with Crippen molar-refractivity contribution in [3.63, 3.8) is 0 Å². The van der Waals surface area contributed by atoms with E-state index in [4.69, 9.17) is 27.9 Å². The zero-order valence-corrected chi connectivity index (χ0v) is 15.6. The Morgan fingerprint density at radius 1 is 1.00 bits per heavy atom. The van der Waals surface area contributed by atoms with Gasteiger partial charge in [-0.1, -0.05) is 59.6 Å². The highest BCUT2D eigenvalue weighted by Crippen LogP contribution is 2.27. The van der Waals surface area contributed by atoms with E-state index in [0.717, 1.165) is 11.1 Å². The second kappa shape index (κ2) is 8.73. The normalized spacial score (nSPS) is 11.1. The minimum absolute atomic E-state index is 0.295. The molecule has 3 aromatic carbocycles. The lowest BCUT2D eigenvalue weighted by atomic mass is 10.0. The van der Waals surface area contributed by atoms with Gasteiger partial charge in [-0.05, 0) is 47.5 Å². The molecule has 0 saturated carbocycles. The molecule has 0 bridgehead atoms. The van der Waals surface area contributed by atoms with Crippen molar-refractivity contribution >= 4 is 34.9 Å². The number of ether oxygens (including phenoxy) is 1. The van der Waals surface area contributed by atoms with Crippen LogP contribution in [-0.2, 0) is 6.61 Å². The minimum Gasteiger partial charge on any atom is -0.488 e. The molecule has 0 N–H and O–H groups in total. The van der Waals surface area contributed by atoms with Crippen molar-refractivity contribution in [3.8, 4) is 11.8 Å². The molecular weight excluding hydrogens is 384 g/mol. The van der Waals surface area contributed by atoms with E-state index in [-0.39, 0.29) is 0 Å². The molecule has 0 aliphatic rings. The van der Waals surface area contributed by atoms with E-state index < -0.39 is 5.82 Å². The lowest BCUT2D eigenvalue weighted by Gasteiger charge is -2.10. The molecule has 0 atom stereocenters. The molecule has 0 aliphatic heterocycles. The highest BCUT2D eigenvalue weighted by Gasteiger charge is 2.07. The van der Waals surface area contributed by atoms with Gasteiger partial charge in [-0.25, -0.2) is 4.39 Å². The number of benzene rings is 3. The third-order valence-corrected chi connectivity index (χ3v) is 4.59. The number of rotatable bonds is 5. The van der Waals surface area contributed by atoms with Crippen LogP contribution >= 0.6 is 23.2 Å². The lowest BCUT2D eigenvalue weighted by molar-refractivity contribution is 0.305. The summed E-state index contributed by atoms with van der Waals surface area (Å²) in [5, 5.41) is 10.4. The van der Waals surface area contributed by atoms with E-state index in [2.05, 4.69) is 6.07 Å². The quantitative estimate of drug-likeness (QED) is 0.351. The second-order valence-corrected chi connectivity index (χ2v) is 6.57. The van der Waals surface area contributed by atoms with Crippen LogP contribution in [-0.4, -0.2) is 0 Å². The molecular formula is C22H14Cl2FNO. The van der Waals surface area contributed by atoms with E-state index in [9.17, 15) is 9.65 Å². The van der Waals surface area contributed by atoms with Crippen molar-refractivity contribution in [1.82, 2.24) is 0 Å². The number of hydrogen-bond donors (Lipinski definition) is 0. The predicted molar refractivity (Wildman–Crippen MR) is 107 cm³/mol. The standard InChI is InChI=1S/C22H14Cl2FNO/c23-20-9-8-15(10-21(20)24)14-27-22-7-2-1-4-17(22)11-18(13-26)16-5-3-6-19(25)12-16/h1-12H,14H2/b18-11-. The third kappa shape index (κ3) is 4.89. The number of hydrogen-bond acceptors (Lipinski definition) is 2.